The second-order valence-corrected chi connectivity index (χ2v) is 6.24. The van der Waals surface area contributed by atoms with Gasteiger partial charge in [0.15, 0.2) is 0 Å². The van der Waals surface area contributed by atoms with Crippen LogP contribution in [0.1, 0.15) is 24.1 Å². The fourth-order valence-corrected chi connectivity index (χ4v) is 3.45. The Labute approximate surface area is 124 Å². The van der Waals surface area contributed by atoms with Gasteiger partial charge in [-0.15, -0.1) is 0 Å². The van der Waals surface area contributed by atoms with E-state index in [1.807, 2.05) is 6.07 Å². The first-order valence-corrected chi connectivity index (χ1v) is 7.66. The van der Waals surface area contributed by atoms with Crippen LogP contribution in [0.15, 0.2) is 24.3 Å². The molecule has 2 aromatic rings. The highest BCUT2D eigenvalue weighted by molar-refractivity contribution is 5.86. The van der Waals surface area contributed by atoms with Gasteiger partial charge in [-0.05, 0) is 30.4 Å². The average molecular weight is 284 g/mol. The van der Waals surface area contributed by atoms with Crippen LogP contribution in [0.25, 0.3) is 10.9 Å². The van der Waals surface area contributed by atoms with Gasteiger partial charge in [0.05, 0.1) is 7.11 Å². The molecule has 4 nitrogen and oxygen atoms in total. The van der Waals surface area contributed by atoms with E-state index in [2.05, 4.69) is 28.1 Å². The van der Waals surface area contributed by atoms with Crippen molar-refractivity contribution in [2.24, 2.45) is 5.92 Å². The molecule has 0 unspecified atom stereocenters. The van der Waals surface area contributed by atoms with Gasteiger partial charge >= 0.3 is 5.97 Å². The number of benzene rings is 1. The predicted molar refractivity (Wildman–Crippen MR) is 80.9 cm³/mol. The number of para-hydroxylation sites is 1. The Bertz CT molecular complexity index is 687. The Morgan fingerprint density at radius 3 is 2.95 bits per heavy atom. The molecule has 0 amide bonds. The maximum Gasteiger partial charge on any atom is 0.323 e. The number of hydrogen-bond acceptors (Lipinski definition) is 3. The molecule has 1 aromatic heterocycles. The monoisotopic (exact) mass is 284 g/mol. The van der Waals surface area contributed by atoms with Crippen molar-refractivity contribution < 1.29 is 9.53 Å². The van der Waals surface area contributed by atoms with Gasteiger partial charge in [0.2, 0.25) is 0 Å². The number of hydrogen-bond donors (Lipinski definition) is 1. The lowest BCUT2D eigenvalue weighted by Crippen LogP contribution is -2.46. The topological polar surface area (TPSA) is 45.3 Å². The number of esters is 1. The van der Waals surface area contributed by atoms with Crippen molar-refractivity contribution in [2.45, 2.75) is 31.8 Å². The smallest absolute Gasteiger partial charge is 0.323 e. The number of carbonyl (C=O) groups is 1. The summed E-state index contributed by atoms with van der Waals surface area (Å²) < 4.78 is 5.03. The second-order valence-electron chi connectivity index (χ2n) is 6.24. The number of ether oxygens (including phenoxy) is 1. The molecule has 0 bridgehead atoms. The van der Waals surface area contributed by atoms with Gasteiger partial charge in [0.1, 0.15) is 6.04 Å². The van der Waals surface area contributed by atoms with Crippen LogP contribution in [-0.2, 0) is 22.5 Å². The van der Waals surface area contributed by atoms with Crippen molar-refractivity contribution in [3.63, 3.8) is 0 Å². The van der Waals surface area contributed by atoms with Gasteiger partial charge in [-0.1, -0.05) is 18.2 Å². The van der Waals surface area contributed by atoms with E-state index in [9.17, 15) is 4.79 Å². The highest BCUT2D eigenvalue weighted by Gasteiger charge is 2.37. The summed E-state index contributed by atoms with van der Waals surface area (Å²) in [6, 6.07) is 8.20. The minimum Gasteiger partial charge on any atom is -0.468 e. The normalized spacial score (nSPS) is 22.2. The summed E-state index contributed by atoms with van der Waals surface area (Å²) in [6.07, 6.45) is 3.34. The molecule has 2 heterocycles. The number of aromatic nitrogens is 1. The summed E-state index contributed by atoms with van der Waals surface area (Å²) in [5, 5.41) is 1.24. The van der Waals surface area contributed by atoms with Gasteiger partial charge in [0.25, 0.3) is 0 Å². The third-order valence-corrected chi connectivity index (χ3v) is 4.76. The molecule has 1 aliphatic carbocycles. The van der Waals surface area contributed by atoms with Crippen LogP contribution < -0.4 is 0 Å². The largest absolute Gasteiger partial charge is 0.468 e. The molecule has 0 radical (unpaired) electrons. The maximum absolute atomic E-state index is 12.2. The number of nitrogens with zero attached hydrogens (tertiary/aromatic N) is 1. The van der Waals surface area contributed by atoms with E-state index in [4.69, 9.17) is 4.74 Å². The molecule has 1 atom stereocenters. The van der Waals surface area contributed by atoms with E-state index < -0.39 is 0 Å². The van der Waals surface area contributed by atoms with Crippen LogP contribution in [0.4, 0.5) is 0 Å². The number of carbonyl (C=O) groups excluding carboxylic acids is 1. The van der Waals surface area contributed by atoms with Crippen LogP contribution in [0.2, 0.25) is 0 Å². The first kappa shape index (κ1) is 12.9. The number of fused-ring (bicyclic) bond motifs is 3. The van der Waals surface area contributed by atoms with Crippen LogP contribution in [0, 0.1) is 5.92 Å². The van der Waals surface area contributed by atoms with E-state index in [1.165, 1.54) is 42.1 Å². The number of aromatic amines is 1. The van der Waals surface area contributed by atoms with Crippen LogP contribution >= 0.6 is 0 Å². The second kappa shape index (κ2) is 4.88. The maximum atomic E-state index is 12.2. The molecule has 1 fully saturated rings. The molecule has 2 aliphatic rings. The molecule has 1 aromatic carbocycles. The lowest BCUT2D eigenvalue weighted by Gasteiger charge is -2.33. The zero-order chi connectivity index (χ0) is 14.4. The standard InChI is InChI=1S/C17H20N2O2/c1-21-17(20)16-8-13-12-4-2-3-5-14(12)18-15(13)10-19(16)9-11-6-7-11/h2-5,11,16,18H,6-10H2,1H3/t16-/m1/s1. The van der Waals surface area contributed by atoms with E-state index in [0.29, 0.717) is 0 Å². The van der Waals surface area contributed by atoms with Crippen molar-refractivity contribution >= 4 is 16.9 Å². The van der Waals surface area contributed by atoms with E-state index >= 15 is 0 Å². The lowest BCUT2D eigenvalue weighted by molar-refractivity contribution is -0.147. The quantitative estimate of drug-likeness (QED) is 0.881. The van der Waals surface area contributed by atoms with Crippen molar-refractivity contribution in [3.05, 3.63) is 35.5 Å². The van der Waals surface area contributed by atoms with Crippen LogP contribution in [0.3, 0.4) is 0 Å². The molecular weight excluding hydrogens is 264 g/mol. The molecule has 1 aliphatic heterocycles. The zero-order valence-electron chi connectivity index (χ0n) is 12.3. The molecule has 21 heavy (non-hydrogen) atoms. The third kappa shape index (κ3) is 2.23. The molecular formula is C17H20N2O2. The minimum atomic E-state index is -0.137. The Kier molecular flexibility index (Phi) is 3.00. The summed E-state index contributed by atoms with van der Waals surface area (Å²) in [6.45, 7) is 1.83. The van der Waals surface area contributed by atoms with Crippen LogP contribution in [0.5, 0.6) is 0 Å². The molecule has 1 N–H and O–H groups in total. The first-order chi connectivity index (χ1) is 10.3. The van der Waals surface area contributed by atoms with Gasteiger partial charge in [-0.25, -0.2) is 0 Å². The molecule has 0 spiro atoms. The first-order valence-electron chi connectivity index (χ1n) is 7.66. The van der Waals surface area contributed by atoms with E-state index in [-0.39, 0.29) is 12.0 Å². The van der Waals surface area contributed by atoms with Gasteiger partial charge in [-0.3, -0.25) is 9.69 Å². The Balaban J connectivity index is 1.72. The van der Waals surface area contributed by atoms with Gasteiger partial charge in [-0.2, -0.15) is 0 Å². The van der Waals surface area contributed by atoms with Crippen LogP contribution in [-0.4, -0.2) is 35.5 Å². The highest BCUT2D eigenvalue weighted by atomic mass is 16.5. The Hall–Kier alpha value is -1.81. The predicted octanol–water partition coefficient (Wildman–Crippen LogP) is 2.48. The summed E-state index contributed by atoms with van der Waals surface area (Å²) in [5.41, 5.74) is 3.71. The van der Waals surface area contributed by atoms with Gasteiger partial charge < -0.3 is 9.72 Å². The highest BCUT2D eigenvalue weighted by Crippen LogP contribution is 2.35. The summed E-state index contributed by atoms with van der Waals surface area (Å²) in [4.78, 5) is 18.0. The van der Waals surface area contributed by atoms with E-state index in [0.717, 1.165) is 25.4 Å². The summed E-state index contributed by atoms with van der Waals surface area (Å²) >= 11 is 0. The lowest BCUT2D eigenvalue weighted by atomic mass is 9.96. The molecule has 4 heteroatoms. The van der Waals surface area contributed by atoms with Crippen molar-refractivity contribution in [3.8, 4) is 0 Å². The van der Waals surface area contributed by atoms with Crippen molar-refractivity contribution in [1.29, 1.82) is 0 Å². The molecule has 110 valence electrons. The fraction of sp³-hybridized carbons (Fsp3) is 0.471. The fourth-order valence-electron chi connectivity index (χ4n) is 3.45. The Morgan fingerprint density at radius 1 is 1.38 bits per heavy atom. The average Bonchev–Trinajstić information content (AvgIpc) is 3.24. The molecule has 0 saturated heterocycles. The summed E-state index contributed by atoms with van der Waals surface area (Å²) in [5.74, 6) is 0.662. The minimum absolute atomic E-state index is 0.105. The third-order valence-electron chi connectivity index (χ3n) is 4.76. The number of H-pyrrole nitrogens is 1. The Morgan fingerprint density at radius 2 is 2.19 bits per heavy atom. The van der Waals surface area contributed by atoms with Crippen molar-refractivity contribution in [2.75, 3.05) is 13.7 Å². The summed E-state index contributed by atoms with van der Waals surface area (Å²) in [7, 11) is 1.49. The van der Waals surface area contributed by atoms with Gasteiger partial charge in [0, 0.05) is 36.1 Å². The van der Waals surface area contributed by atoms with Crippen molar-refractivity contribution in [1.82, 2.24) is 9.88 Å². The number of methoxy groups -OCH3 is 1. The number of rotatable bonds is 3. The number of nitrogens with one attached hydrogen (secondary N) is 1. The molecule has 1 saturated carbocycles. The zero-order valence-corrected chi connectivity index (χ0v) is 12.3. The SMILES string of the molecule is COC(=O)[C@H]1Cc2c([nH]c3ccccc23)CN1CC1CC1. The molecule has 4 rings (SSSR count). The van der Waals surface area contributed by atoms with E-state index in [1.54, 1.807) is 0 Å².